The lowest BCUT2D eigenvalue weighted by Gasteiger charge is -2.05. The smallest absolute Gasteiger partial charge is 0.332 e. The molecule has 10 nitrogen and oxygen atoms in total. The molecule has 21 heavy (non-hydrogen) atoms. The molecule has 0 saturated heterocycles. The van der Waals surface area contributed by atoms with Gasteiger partial charge in [0.15, 0.2) is 11.8 Å². The van der Waals surface area contributed by atoms with Crippen molar-refractivity contribution in [2.24, 2.45) is 22.2 Å². The van der Waals surface area contributed by atoms with Gasteiger partial charge in [0.1, 0.15) is 5.70 Å². The van der Waals surface area contributed by atoms with Crippen LogP contribution in [0.5, 0.6) is 0 Å². The van der Waals surface area contributed by atoms with Crippen molar-refractivity contribution in [3.63, 3.8) is 0 Å². The van der Waals surface area contributed by atoms with Gasteiger partial charge in [-0.25, -0.2) is 4.98 Å². The van der Waals surface area contributed by atoms with Crippen LogP contribution >= 0.6 is 23.3 Å². The van der Waals surface area contributed by atoms with Crippen molar-refractivity contribution in [1.29, 1.82) is 0 Å². The van der Waals surface area contributed by atoms with Crippen LogP contribution in [0.4, 0.5) is 5.13 Å². The summed E-state index contributed by atoms with van der Waals surface area (Å²) in [7, 11) is 0. The zero-order valence-corrected chi connectivity index (χ0v) is 12.9. The number of hydrogen-bond acceptors (Lipinski definition) is 9. The van der Waals surface area contributed by atoms with Crippen LogP contribution in [0, 0.1) is 10.1 Å². The predicted molar refractivity (Wildman–Crippen MR) is 83.4 cm³/mol. The van der Waals surface area contributed by atoms with Gasteiger partial charge in [0.05, 0.1) is 5.75 Å². The van der Waals surface area contributed by atoms with E-state index in [2.05, 4.69) is 19.7 Å². The molecule has 0 fully saturated rings. The van der Waals surface area contributed by atoms with Crippen molar-refractivity contribution in [3.05, 3.63) is 27.5 Å². The second kappa shape index (κ2) is 8.26. The Morgan fingerprint density at radius 3 is 2.86 bits per heavy atom. The van der Waals surface area contributed by atoms with Gasteiger partial charge in [0, 0.05) is 23.8 Å². The van der Waals surface area contributed by atoms with E-state index in [0.717, 1.165) is 17.3 Å². The van der Waals surface area contributed by atoms with Crippen molar-refractivity contribution in [2.45, 2.75) is 12.7 Å². The normalized spacial score (nSPS) is 11.7. The molecule has 1 rings (SSSR count). The monoisotopic (exact) mass is 332 g/mol. The van der Waals surface area contributed by atoms with Crippen molar-refractivity contribution >= 4 is 34.4 Å². The highest BCUT2D eigenvalue weighted by Crippen LogP contribution is 2.17. The number of guanidine groups is 1. The highest BCUT2D eigenvalue weighted by Gasteiger charge is 2.06. The summed E-state index contributed by atoms with van der Waals surface area (Å²) >= 11 is 2.69. The largest absolute Gasteiger partial charge is 0.381 e. The first-order chi connectivity index (χ1) is 9.90. The van der Waals surface area contributed by atoms with Gasteiger partial charge in [-0.2, -0.15) is 21.1 Å². The van der Waals surface area contributed by atoms with Gasteiger partial charge in [-0.15, -0.1) is 0 Å². The number of nitro groups is 1. The summed E-state index contributed by atoms with van der Waals surface area (Å²) in [6.45, 7) is 2.11. The second-order valence-corrected chi connectivity index (χ2v) is 5.61. The average molecular weight is 332 g/mol. The number of aliphatic imine (C=N–C) groups is 1. The molecule has 0 unspecified atom stereocenters. The zero-order chi connectivity index (χ0) is 15.8. The van der Waals surface area contributed by atoms with Gasteiger partial charge in [-0.1, -0.05) is 0 Å². The molecule has 116 valence electrons. The van der Waals surface area contributed by atoms with Crippen LogP contribution < -0.4 is 22.5 Å². The lowest BCUT2D eigenvalue weighted by Crippen LogP contribution is -2.22. The van der Waals surface area contributed by atoms with E-state index in [4.69, 9.17) is 17.2 Å². The van der Waals surface area contributed by atoms with Gasteiger partial charge < -0.3 is 26.9 Å². The summed E-state index contributed by atoms with van der Waals surface area (Å²) in [4.78, 5) is 17.7. The van der Waals surface area contributed by atoms with Crippen molar-refractivity contribution in [2.75, 3.05) is 12.3 Å². The van der Waals surface area contributed by atoms with E-state index in [0.29, 0.717) is 29.0 Å². The SMILES string of the molecule is CC(NCCSCc1nsc(N=C(N)N)n1)=C(N)[N+](=O)[O-]. The number of nitrogens with two attached hydrogens (primary N) is 3. The van der Waals surface area contributed by atoms with Crippen LogP contribution in [0.2, 0.25) is 0 Å². The Morgan fingerprint density at radius 1 is 1.52 bits per heavy atom. The van der Waals surface area contributed by atoms with E-state index in [1.807, 2.05) is 0 Å². The Bertz CT molecular complexity index is 552. The van der Waals surface area contributed by atoms with Crippen LogP contribution in [0.25, 0.3) is 0 Å². The summed E-state index contributed by atoms with van der Waals surface area (Å²) in [5, 5.41) is 13.7. The fourth-order valence-corrected chi connectivity index (χ4v) is 2.53. The molecular weight excluding hydrogens is 316 g/mol. The Labute approximate surface area is 129 Å². The molecule has 0 atom stereocenters. The molecule has 12 heteroatoms. The van der Waals surface area contributed by atoms with Crippen molar-refractivity contribution < 1.29 is 4.92 Å². The minimum absolute atomic E-state index is 0.0554. The number of thioether (sulfide) groups is 1. The van der Waals surface area contributed by atoms with E-state index < -0.39 is 4.92 Å². The minimum atomic E-state index is -0.625. The van der Waals surface area contributed by atoms with Gasteiger partial charge in [-0.3, -0.25) is 5.73 Å². The molecular formula is C9H16N8O2S2. The zero-order valence-electron chi connectivity index (χ0n) is 11.3. The van der Waals surface area contributed by atoms with E-state index >= 15 is 0 Å². The third-order valence-electron chi connectivity index (χ3n) is 2.13. The average Bonchev–Trinajstić information content (AvgIpc) is 2.83. The van der Waals surface area contributed by atoms with E-state index in [9.17, 15) is 10.1 Å². The lowest BCUT2D eigenvalue weighted by atomic mass is 10.5. The lowest BCUT2D eigenvalue weighted by molar-refractivity contribution is -0.428. The summed E-state index contributed by atoms with van der Waals surface area (Å²) in [5.41, 5.74) is 16.1. The van der Waals surface area contributed by atoms with E-state index in [1.54, 1.807) is 18.7 Å². The second-order valence-electron chi connectivity index (χ2n) is 3.78. The quantitative estimate of drug-likeness (QED) is 0.164. The third-order valence-corrected chi connectivity index (χ3v) is 3.73. The highest BCUT2D eigenvalue weighted by molar-refractivity contribution is 7.98. The molecule has 7 N–H and O–H groups in total. The molecule has 0 bridgehead atoms. The van der Waals surface area contributed by atoms with Crippen LogP contribution in [0.1, 0.15) is 12.7 Å². The van der Waals surface area contributed by atoms with Gasteiger partial charge in [0.25, 0.3) is 0 Å². The predicted octanol–water partition coefficient (Wildman–Crippen LogP) is -0.310. The van der Waals surface area contributed by atoms with Crippen molar-refractivity contribution in [1.82, 2.24) is 14.7 Å². The van der Waals surface area contributed by atoms with Gasteiger partial charge in [-0.05, 0) is 11.8 Å². The molecule has 0 aromatic carbocycles. The molecule has 0 amide bonds. The van der Waals surface area contributed by atoms with E-state index in [1.165, 1.54) is 0 Å². The fourth-order valence-electron chi connectivity index (χ4n) is 1.16. The summed E-state index contributed by atoms with van der Waals surface area (Å²) in [6, 6.07) is 0. The number of hydrogen-bond donors (Lipinski definition) is 4. The molecule has 0 aliphatic carbocycles. The topological polar surface area (TPSA) is 171 Å². The first-order valence-corrected chi connectivity index (χ1v) is 7.67. The third kappa shape index (κ3) is 6.27. The van der Waals surface area contributed by atoms with Gasteiger partial charge in [0.2, 0.25) is 5.13 Å². The molecule has 0 aliphatic rings. The van der Waals surface area contributed by atoms with Crippen LogP contribution in [0.3, 0.4) is 0 Å². The van der Waals surface area contributed by atoms with Gasteiger partial charge >= 0.3 is 5.82 Å². The molecule has 1 aromatic heterocycles. The molecule has 1 heterocycles. The number of nitrogens with zero attached hydrogens (tertiary/aromatic N) is 4. The summed E-state index contributed by atoms with van der Waals surface area (Å²) < 4.78 is 4.11. The number of nitrogens with one attached hydrogen (secondary N) is 1. The fraction of sp³-hybridized carbons (Fsp3) is 0.444. The Morgan fingerprint density at radius 2 is 2.24 bits per heavy atom. The standard InChI is InChI=1S/C9H16N8O2S2/c1-5(7(10)17(18)19)13-2-3-20-4-6-14-9(21-16-6)15-8(11)12/h13H,2-4,10H2,1H3,(H4,11,12,14,15,16). The number of aromatic nitrogens is 2. The van der Waals surface area contributed by atoms with Crippen LogP contribution in [0.15, 0.2) is 16.5 Å². The molecule has 1 aromatic rings. The maximum atomic E-state index is 10.4. The molecule has 0 saturated carbocycles. The molecule has 0 aliphatic heterocycles. The minimum Gasteiger partial charge on any atom is -0.381 e. The number of rotatable bonds is 8. The molecule has 0 spiro atoms. The first-order valence-electron chi connectivity index (χ1n) is 5.74. The first kappa shape index (κ1) is 17.0. The Balaban J connectivity index is 2.29. The maximum absolute atomic E-state index is 10.4. The van der Waals surface area contributed by atoms with E-state index in [-0.39, 0.29) is 11.8 Å². The maximum Gasteiger partial charge on any atom is 0.332 e. The Kier molecular flexibility index (Phi) is 6.68. The summed E-state index contributed by atoms with van der Waals surface area (Å²) in [6.07, 6.45) is 0. The highest BCUT2D eigenvalue weighted by atomic mass is 32.2. The van der Waals surface area contributed by atoms with Crippen molar-refractivity contribution in [3.8, 4) is 0 Å². The van der Waals surface area contributed by atoms with Crippen LogP contribution in [-0.4, -0.2) is 32.5 Å². The summed E-state index contributed by atoms with van der Waals surface area (Å²) in [5.74, 6) is 1.54. The Hall–Kier alpha value is -2.08. The molecule has 0 radical (unpaired) electrons. The number of allylic oxidation sites excluding steroid dienone is 1. The van der Waals surface area contributed by atoms with Crippen LogP contribution in [-0.2, 0) is 5.75 Å².